The summed E-state index contributed by atoms with van der Waals surface area (Å²) in [6.07, 6.45) is 2.37. The van der Waals surface area contributed by atoms with Crippen molar-refractivity contribution < 1.29 is 9.90 Å². The number of carbonyl (C=O) groups is 1. The summed E-state index contributed by atoms with van der Waals surface area (Å²) < 4.78 is 0. The number of hydrogen-bond donors (Lipinski definition) is 1. The molecule has 0 saturated carbocycles. The first kappa shape index (κ1) is 8.86. The molecule has 15 heavy (non-hydrogen) atoms. The van der Waals surface area contributed by atoms with Crippen LogP contribution in [0.15, 0.2) is 30.3 Å². The van der Waals surface area contributed by atoms with E-state index < -0.39 is 6.10 Å². The van der Waals surface area contributed by atoms with E-state index in [1.165, 1.54) is 5.56 Å². The molecule has 0 aliphatic heterocycles. The molecule has 0 spiro atoms. The topological polar surface area (TPSA) is 37.3 Å². The van der Waals surface area contributed by atoms with Crippen molar-refractivity contribution >= 4 is 11.4 Å². The summed E-state index contributed by atoms with van der Waals surface area (Å²) in [4.78, 5) is 11.4. The van der Waals surface area contributed by atoms with E-state index >= 15 is 0 Å². The fourth-order valence-electron chi connectivity index (χ4n) is 2.64. The van der Waals surface area contributed by atoms with Crippen molar-refractivity contribution in [2.45, 2.75) is 18.9 Å². The Bertz CT molecular complexity index is 459. The fourth-order valence-corrected chi connectivity index (χ4v) is 2.64. The molecule has 2 atom stereocenters. The van der Waals surface area contributed by atoms with Crippen LogP contribution in [0.2, 0.25) is 0 Å². The number of rotatable bonds is 0. The van der Waals surface area contributed by atoms with Gasteiger partial charge in [-0.15, -0.1) is 0 Å². The number of carbonyl (C=O) groups excluding carboxylic acids is 1. The van der Waals surface area contributed by atoms with Gasteiger partial charge in [0.25, 0.3) is 0 Å². The van der Waals surface area contributed by atoms with Gasteiger partial charge in [-0.05, 0) is 29.2 Å². The Balaban J connectivity index is 2.15. The molecule has 0 amide bonds. The number of ketones is 1. The van der Waals surface area contributed by atoms with Crippen molar-refractivity contribution in [3.63, 3.8) is 0 Å². The van der Waals surface area contributed by atoms with Gasteiger partial charge in [0.1, 0.15) is 0 Å². The first-order valence-electron chi connectivity index (χ1n) is 5.26. The normalized spacial score (nSPS) is 28.3. The van der Waals surface area contributed by atoms with Crippen molar-refractivity contribution in [1.29, 1.82) is 0 Å². The smallest absolute Gasteiger partial charge is 0.158 e. The van der Waals surface area contributed by atoms with Gasteiger partial charge in [-0.25, -0.2) is 0 Å². The van der Waals surface area contributed by atoms with Crippen LogP contribution in [0.25, 0.3) is 5.57 Å². The first-order valence-corrected chi connectivity index (χ1v) is 5.26. The van der Waals surface area contributed by atoms with Gasteiger partial charge in [-0.3, -0.25) is 4.79 Å². The van der Waals surface area contributed by atoms with Gasteiger partial charge in [0, 0.05) is 12.3 Å². The van der Waals surface area contributed by atoms with Gasteiger partial charge < -0.3 is 5.11 Å². The molecule has 1 N–H and O–H groups in total. The molecule has 0 fully saturated rings. The molecule has 2 unspecified atom stereocenters. The molecule has 1 aromatic carbocycles. The highest BCUT2D eigenvalue weighted by Crippen LogP contribution is 2.41. The fraction of sp³-hybridized carbons (Fsp3) is 0.308. The van der Waals surface area contributed by atoms with E-state index in [4.69, 9.17) is 0 Å². The Hall–Kier alpha value is -1.41. The third kappa shape index (κ3) is 1.25. The molecule has 3 rings (SSSR count). The van der Waals surface area contributed by atoms with Gasteiger partial charge in [-0.1, -0.05) is 24.3 Å². The summed E-state index contributed by atoms with van der Waals surface area (Å²) in [5.74, 6) is 0.186. The van der Waals surface area contributed by atoms with E-state index in [0.29, 0.717) is 0 Å². The van der Waals surface area contributed by atoms with E-state index in [1.807, 2.05) is 18.2 Å². The van der Waals surface area contributed by atoms with E-state index in [-0.39, 0.29) is 18.1 Å². The third-order valence-corrected chi connectivity index (χ3v) is 3.36. The Labute approximate surface area is 88.2 Å². The van der Waals surface area contributed by atoms with Crippen molar-refractivity contribution in [1.82, 2.24) is 0 Å². The molecule has 2 nitrogen and oxygen atoms in total. The Morgan fingerprint density at radius 3 is 2.87 bits per heavy atom. The average molecular weight is 200 g/mol. The molecule has 2 heteroatoms. The minimum atomic E-state index is -0.495. The maximum atomic E-state index is 11.4. The van der Waals surface area contributed by atoms with Gasteiger partial charge in [0.05, 0.1) is 6.10 Å². The van der Waals surface area contributed by atoms with Crippen LogP contribution in [0, 0.1) is 5.92 Å². The number of aliphatic hydroxyl groups excluding tert-OH is 1. The van der Waals surface area contributed by atoms with Crippen LogP contribution in [0.5, 0.6) is 0 Å². The number of allylic oxidation sites excluding steroid dienone is 1. The van der Waals surface area contributed by atoms with Gasteiger partial charge in [-0.2, -0.15) is 0 Å². The zero-order chi connectivity index (χ0) is 10.4. The molecular formula is C13H12O2. The maximum absolute atomic E-state index is 11.4. The van der Waals surface area contributed by atoms with E-state index in [0.717, 1.165) is 17.6 Å². The van der Waals surface area contributed by atoms with Crippen molar-refractivity contribution in [3.05, 3.63) is 41.5 Å². The SMILES string of the molecule is O=C1C=C2c3ccccc3CC2C(O)C1. The second-order valence-electron chi connectivity index (χ2n) is 4.31. The van der Waals surface area contributed by atoms with Crippen molar-refractivity contribution in [3.8, 4) is 0 Å². The highest BCUT2D eigenvalue weighted by molar-refractivity contribution is 6.00. The Kier molecular flexibility index (Phi) is 1.80. The highest BCUT2D eigenvalue weighted by atomic mass is 16.3. The zero-order valence-electron chi connectivity index (χ0n) is 8.31. The lowest BCUT2D eigenvalue weighted by atomic mass is 9.85. The Morgan fingerprint density at radius 1 is 1.20 bits per heavy atom. The van der Waals surface area contributed by atoms with Crippen LogP contribution in [-0.4, -0.2) is 17.0 Å². The lowest BCUT2D eigenvalue weighted by Gasteiger charge is -2.22. The van der Waals surface area contributed by atoms with Crippen LogP contribution in [0.4, 0.5) is 0 Å². The van der Waals surface area contributed by atoms with Crippen LogP contribution < -0.4 is 0 Å². The number of hydrogen-bond acceptors (Lipinski definition) is 2. The van der Waals surface area contributed by atoms with E-state index in [9.17, 15) is 9.90 Å². The lowest BCUT2D eigenvalue weighted by Crippen LogP contribution is -2.27. The zero-order valence-corrected chi connectivity index (χ0v) is 8.31. The second kappa shape index (κ2) is 3.04. The van der Waals surface area contributed by atoms with Crippen molar-refractivity contribution in [2.75, 3.05) is 0 Å². The predicted molar refractivity (Wildman–Crippen MR) is 57.2 cm³/mol. The molecule has 0 aromatic heterocycles. The molecular weight excluding hydrogens is 188 g/mol. The summed E-state index contributed by atoms with van der Waals surface area (Å²) in [6.45, 7) is 0. The highest BCUT2D eigenvalue weighted by Gasteiger charge is 2.36. The van der Waals surface area contributed by atoms with Crippen LogP contribution in [0.3, 0.4) is 0 Å². The molecule has 0 heterocycles. The van der Waals surface area contributed by atoms with Crippen LogP contribution in [-0.2, 0) is 11.2 Å². The first-order chi connectivity index (χ1) is 7.25. The molecule has 0 bridgehead atoms. The molecule has 0 radical (unpaired) electrons. The predicted octanol–water partition coefficient (Wildman–Crippen LogP) is 1.58. The maximum Gasteiger partial charge on any atom is 0.158 e. The quantitative estimate of drug-likeness (QED) is 0.690. The Morgan fingerprint density at radius 2 is 2.00 bits per heavy atom. The molecule has 0 saturated heterocycles. The van der Waals surface area contributed by atoms with Gasteiger partial charge >= 0.3 is 0 Å². The lowest BCUT2D eigenvalue weighted by molar-refractivity contribution is -0.117. The number of aliphatic hydroxyl groups is 1. The summed E-state index contributed by atoms with van der Waals surface area (Å²) in [7, 11) is 0. The summed E-state index contributed by atoms with van der Waals surface area (Å²) in [6, 6.07) is 8.09. The van der Waals surface area contributed by atoms with Crippen LogP contribution in [0.1, 0.15) is 17.5 Å². The van der Waals surface area contributed by atoms with Gasteiger partial charge in [0.2, 0.25) is 0 Å². The van der Waals surface area contributed by atoms with Crippen LogP contribution >= 0.6 is 0 Å². The summed E-state index contributed by atoms with van der Waals surface area (Å²) in [5, 5.41) is 9.86. The number of benzene rings is 1. The second-order valence-corrected chi connectivity index (χ2v) is 4.31. The molecule has 76 valence electrons. The molecule has 2 aliphatic rings. The number of fused-ring (bicyclic) bond motifs is 3. The van der Waals surface area contributed by atoms with E-state index in [2.05, 4.69) is 6.07 Å². The minimum Gasteiger partial charge on any atom is -0.392 e. The summed E-state index contributed by atoms with van der Waals surface area (Å²) in [5.41, 5.74) is 3.44. The minimum absolute atomic E-state index is 0.0467. The van der Waals surface area contributed by atoms with Gasteiger partial charge in [0.15, 0.2) is 5.78 Å². The third-order valence-electron chi connectivity index (χ3n) is 3.36. The largest absolute Gasteiger partial charge is 0.392 e. The van der Waals surface area contributed by atoms with E-state index in [1.54, 1.807) is 6.08 Å². The molecule has 2 aliphatic carbocycles. The monoisotopic (exact) mass is 200 g/mol. The average Bonchev–Trinajstić information content (AvgIpc) is 2.57. The standard InChI is InChI=1S/C13H12O2/c14-9-6-11-10-4-2-1-3-8(10)5-12(11)13(15)7-9/h1-4,6,12-13,15H,5,7H2. The molecule has 1 aromatic rings. The summed E-state index contributed by atoms with van der Waals surface area (Å²) >= 11 is 0. The van der Waals surface area contributed by atoms with Crippen molar-refractivity contribution in [2.24, 2.45) is 5.92 Å².